The van der Waals surface area contributed by atoms with Gasteiger partial charge >= 0.3 is 5.97 Å². The van der Waals surface area contributed by atoms with E-state index in [1.807, 2.05) is 0 Å². The van der Waals surface area contributed by atoms with Crippen molar-refractivity contribution in [2.75, 3.05) is 20.0 Å². The number of esters is 1. The fourth-order valence-electron chi connectivity index (χ4n) is 1.90. The molecule has 7 heteroatoms. The van der Waals surface area contributed by atoms with Gasteiger partial charge in [0.2, 0.25) is 0 Å². The Morgan fingerprint density at radius 1 is 1.33 bits per heavy atom. The van der Waals surface area contributed by atoms with Crippen LogP contribution in [0.25, 0.3) is 0 Å². The molecule has 0 bridgehead atoms. The van der Waals surface area contributed by atoms with Crippen molar-refractivity contribution in [3.63, 3.8) is 0 Å². The summed E-state index contributed by atoms with van der Waals surface area (Å²) < 4.78 is 36.7. The number of carbonyl (C=O) groups is 1. The van der Waals surface area contributed by atoms with E-state index >= 15 is 0 Å². The van der Waals surface area contributed by atoms with E-state index in [-0.39, 0.29) is 24.8 Å². The number of carbonyl (C=O) groups excluding carboxylic acids is 1. The van der Waals surface area contributed by atoms with Gasteiger partial charge in [0.1, 0.15) is 0 Å². The van der Waals surface area contributed by atoms with E-state index in [0.717, 1.165) is 25.5 Å². The van der Waals surface area contributed by atoms with E-state index in [4.69, 9.17) is 8.92 Å². The minimum Gasteiger partial charge on any atom is -0.469 e. The molecule has 1 aliphatic heterocycles. The summed E-state index contributed by atoms with van der Waals surface area (Å²) >= 11 is 0. The van der Waals surface area contributed by atoms with Crippen LogP contribution in [0.3, 0.4) is 0 Å². The van der Waals surface area contributed by atoms with Gasteiger partial charge in [0, 0.05) is 6.42 Å². The lowest BCUT2D eigenvalue weighted by molar-refractivity contribution is -0.142. The Labute approximate surface area is 108 Å². The van der Waals surface area contributed by atoms with Gasteiger partial charge in [-0.2, -0.15) is 8.42 Å². The molecule has 1 heterocycles. The average Bonchev–Trinajstić information content (AvgIpc) is 2.33. The molecule has 1 fully saturated rings. The maximum Gasteiger partial charge on any atom is 0.305 e. The van der Waals surface area contributed by atoms with Gasteiger partial charge in [-0.15, -0.1) is 0 Å². The van der Waals surface area contributed by atoms with Crippen LogP contribution in [0.5, 0.6) is 0 Å². The van der Waals surface area contributed by atoms with Crippen molar-refractivity contribution in [1.29, 1.82) is 0 Å². The molecular weight excluding hydrogens is 260 g/mol. The van der Waals surface area contributed by atoms with Gasteiger partial charge in [-0.1, -0.05) is 0 Å². The second-order valence-corrected chi connectivity index (χ2v) is 6.06. The molecule has 0 radical (unpaired) electrons. The van der Waals surface area contributed by atoms with Crippen LogP contribution < -0.4 is 0 Å². The molecule has 2 unspecified atom stereocenters. The van der Waals surface area contributed by atoms with E-state index in [1.54, 1.807) is 0 Å². The molecule has 0 spiro atoms. The summed E-state index contributed by atoms with van der Waals surface area (Å²) in [5.41, 5.74) is 0. The zero-order valence-corrected chi connectivity index (χ0v) is 11.6. The van der Waals surface area contributed by atoms with Crippen LogP contribution in [0.4, 0.5) is 0 Å². The van der Waals surface area contributed by atoms with Gasteiger partial charge in [-0.3, -0.25) is 8.98 Å². The molecule has 0 aromatic rings. The molecule has 0 saturated carbocycles. The molecule has 18 heavy (non-hydrogen) atoms. The number of methoxy groups -OCH3 is 1. The maximum absolute atomic E-state index is 11.0. The van der Waals surface area contributed by atoms with Gasteiger partial charge in [-0.25, -0.2) is 0 Å². The highest BCUT2D eigenvalue weighted by atomic mass is 32.2. The Morgan fingerprint density at radius 2 is 2.00 bits per heavy atom. The third-order valence-electron chi connectivity index (χ3n) is 2.80. The van der Waals surface area contributed by atoms with E-state index in [9.17, 15) is 13.2 Å². The predicted octanol–water partition coefficient (Wildman–Crippen LogP) is 0.853. The first-order chi connectivity index (χ1) is 8.40. The molecule has 2 atom stereocenters. The number of hydrogen-bond acceptors (Lipinski definition) is 6. The van der Waals surface area contributed by atoms with Crippen molar-refractivity contribution in [3.05, 3.63) is 0 Å². The van der Waals surface area contributed by atoms with Gasteiger partial charge in [0.15, 0.2) is 0 Å². The molecular formula is C11H20O6S. The third kappa shape index (κ3) is 6.32. The lowest BCUT2D eigenvalue weighted by Gasteiger charge is -2.29. The molecule has 1 aliphatic rings. The Balaban J connectivity index is 2.30. The zero-order valence-electron chi connectivity index (χ0n) is 10.8. The second-order valence-electron chi connectivity index (χ2n) is 4.41. The zero-order chi connectivity index (χ0) is 13.6. The number of hydrogen-bond donors (Lipinski definition) is 0. The van der Waals surface area contributed by atoms with Crippen LogP contribution in [-0.4, -0.2) is 46.6 Å². The summed E-state index contributed by atoms with van der Waals surface area (Å²) in [6.07, 6.45) is 4.32. The van der Waals surface area contributed by atoms with Crippen LogP contribution in [0.15, 0.2) is 0 Å². The molecule has 1 rings (SSSR count). The lowest BCUT2D eigenvalue weighted by atomic mass is 10.0. The predicted molar refractivity (Wildman–Crippen MR) is 64.6 cm³/mol. The quantitative estimate of drug-likeness (QED) is 0.530. The minimum atomic E-state index is -3.42. The van der Waals surface area contributed by atoms with E-state index in [0.29, 0.717) is 12.8 Å². The van der Waals surface area contributed by atoms with Crippen molar-refractivity contribution < 1.29 is 26.9 Å². The summed E-state index contributed by atoms with van der Waals surface area (Å²) in [6, 6.07) is 0. The van der Waals surface area contributed by atoms with Crippen molar-refractivity contribution >= 4 is 16.1 Å². The fourth-order valence-corrected chi connectivity index (χ4v) is 2.30. The first kappa shape index (κ1) is 15.4. The Hall–Kier alpha value is -0.660. The van der Waals surface area contributed by atoms with Gasteiger partial charge in [0.05, 0.1) is 32.2 Å². The number of rotatable bonds is 6. The van der Waals surface area contributed by atoms with Crippen molar-refractivity contribution in [2.45, 2.75) is 44.3 Å². The standard InChI is InChI=1S/C11H20O6S/c1-15-11(12)7-6-9-4-3-5-10(17-9)8-16-18(2,13)14/h9-10H,3-8H2,1-2H3. The topological polar surface area (TPSA) is 78.9 Å². The maximum atomic E-state index is 11.0. The van der Waals surface area contributed by atoms with E-state index in [2.05, 4.69) is 4.74 Å². The highest BCUT2D eigenvalue weighted by Crippen LogP contribution is 2.22. The van der Waals surface area contributed by atoms with Gasteiger partial charge in [0.25, 0.3) is 10.1 Å². The molecule has 0 aliphatic carbocycles. The highest BCUT2D eigenvalue weighted by molar-refractivity contribution is 7.85. The van der Waals surface area contributed by atoms with Gasteiger partial charge in [-0.05, 0) is 25.7 Å². The molecule has 0 aromatic carbocycles. The highest BCUT2D eigenvalue weighted by Gasteiger charge is 2.24. The Kier molecular flexibility index (Phi) is 6.04. The van der Waals surface area contributed by atoms with Crippen molar-refractivity contribution in [3.8, 4) is 0 Å². The molecule has 0 amide bonds. The first-order valence-electron chi connectivity index (χ1n) is 5.97. The van der Waals surface area contributed by atoms with Crippen molar-refractivity contribution in [2.24, 2.45) is 0 Å². The number of ether oxygens (including phenoxy) is 2. The molecule has 106 valence electrons. The van der Waals surface area contributed by atoms with Crippen LogP contribution in [0.2, 0.25) is 0 Å². The largest absolute Gasteiger partial charge is 0.469 e. The summed E-state index contributed by atoms with van der Waals surface area (Å²) in [5, 5.41) is 0. The molecule has 0 N–H and O–H groups in total. The molecule has 0 aromatic heterocycles. The minimum absolute atomic E-state index is 0.0222. The van der Waals surface area contributed by atoms with E-state index in [1.165, 1.54) is 7.11 Å². The smallest absolute Gasteiger partial charge is 0.305 e. The summed E-state index contributed by atoms with van der Waals surface area (Å²) in [7, 11) is -2.07. The fraction of sp³-hybridized carbons (Fsp3) is 0.909. The normalized spacial score (nSPS) is 24.8. The monoisotopic (exact) mass is 280 g/mol. The molecule has 6 nitrogen and oxygen atoms in total. The lowest BCUT2D eigenvalue weighted by Crippen LogP contribution is -2.32. The average molecular weight is 280 g/mol. The van der Waals surface area contributed by atoms with Crippen LogP contribution in [0.1, 0.15) is 32.1 Å². The SMILES string of the molecule is COC(=O)CCC1CCCC(COS(C)(=O)=O)O1. The van der Waals surface area contributed by atoms with Crippen LogP contribution >= 0.6 is 0 Å². The van der Waals surface area contributed by atoms with E-state index < -0.39 is 10.1 Å². The second kappa shape index (κ2) is 7.06. The van der Waals surface area contributed by atoms with Crippen molar-refractivity contribution in [1.82, 2.24) is 0 Å². The molecule has 1 saturated heterocycles. The summed E-state index contributed by atoms with van der Waals surface area (Å²) in [5.74, 6) is -0.256. The Bertz CT molecular complexity index is 364. The van der Waals surface area contributed by atoms with Gasteiger partial charge < -0.3 is 9.47 Å². The summed E-state index contributed by atoms with van der Waals surface area (Å²) in [4.78, 5) is 11.0. The summed E-state index contributed by atoms with van der Waals surface area (Å²) in [6.45, 7) is 0.0492. The van der Waals surface area contributed by atoms with Crippen LogP contribution in [-0.2, 0) is 28.6 Å². The van der Waals surface area contributed by atoms with Crippen LogP contribution in [0, 0.1) is 0 Å². The first-order valence-corrected chi connectivity index (χ1v) is 7.79. The third-order valence-corrected chi connectivity index (χ3v) is 3.37. The Morgan fingerprint density at radius 3 is 2.61 bits per heavy atom.